The lowest BCUT2D eigenvalue weighted by molar-refractivity contribution is -0.133. The van der Waals surface area contributed by atoms with E-state index in [1.165, 1.54) is 17.7 Å². The normalized spacial score (nSPS) is 15.5. The Morgan fingerprint density at radius 2 is 1.76 bits per heavy atom. The Morgan fingerprint density at radius 1 is 1.12 bits per heavy atom. The lowest BCUT2D eigenvalue weighted by Crippen LogP contribution is -2.48. The van der Waals surface area contributed by atoms with Gasteiger partial charge < -0.3 is 4.90 Å². The fraction of sp³-hybridized carbons (Fsp3) is 0.278. The van der Waals surface area contributed by atoms with Crippen molar-refractivity contribution in [3.63, 3.8) is 0 Å². The van der Waals surface area contributed by atoms with Gasteiger partial charge in [0.1, 0.15) is 4.90 Å². The van der Waals surface area contributed by atoms with Crippen LogP contribution in [-0.4, -0.2) is 31.8 Å². The molecule has 0 bridgehead atoms. The highest BCUT2D eigenvalue weighted by Gasteiger charge is 2.28. The first-order valence-corrected chi connectivity index (χ1v) is 9.87. The summed E-state index contributed by atoms with van der Waals surface area (Å²) >= 11 is 5.96. The zero-order chi connectivity index (χ0) is 18.0. The maximum atomic E-state index is 12.7. The number of carbonyl (C=O) groups excluding carboxylic acids is 1. The molecule has 2 aromatic carbocycles. The van der Waals surface area contributed by atoms with Gasteiger partial charge >= 0.3 is 0 Å². The summed E-state index contributed by atoms with van der Waals surface area (Å²) in [5, 5.41) is 0.126. The lowest BCUT2D eigenvalue weighted by atomic mass is 9.99. The molecule has 2 aromatic rings. The number of amides is 1. The van der Waals surface area contributed by atoms with Crippen LogP contribution in [0.3, 0.4) is 0 Å². The summed E-state index contributed by atoms with van der Waals surface area (Å²) < 4.78 is 27.4. The maximum Gasteiger partial charge on any atom is 0.242 e. The van der Waals surface area contributed by atoms with E-state index in [1.54, 1.807) is 24.0 Å². The molecule has 0 aliphatic carbocycles. The van der Waals surface area contributed by atoms with Crippen LogP contribution in [0.4, 0.5) is 0 Å². The van der Waals surface area contributed by atoms with E-state index in [2.05, 4.69) is 10.8 Å². The second-order valence-electron chi connectivity index (χ2n) is 6.05. The number of halogens is 1. The highest BCUT2D eigenvalue weighted by atomic mass is 35.5. The summed E-state index contributed by atoms with van der Waals surface area (Å²) in [6.07, 6.45) is 0.770. The third-order valence-electron chi connectivity index (χ3n) is 4.27. The third-order valence-corrected chi connectivity index (χ3v) is 6.31. The molecule has 0 saturated carbocycles. The number of nitrogens with zero attached hydrogens (tertiary/aromatic N) is 1. The number of nitrogens with one attached hydrogen (secondary N) is 1. The molecule has 0 fully saturated rings. The molecule has 3 rings (SSSR count). The zero-order valence-corrected chi connectivity index (χ0v) is 15.3. The van der Waals surface area contributed by atoms with Gasteiger partial charge in [-0.3, -0.25) is 4.79 Å². The molecule has 1 aliphatic rings. The summed E-state index contributed by atoms with van der Waals surface area (Å²) in [7, 11) is -3.86. The minimum absolute atomic E-state index is 0.0275. The summed E-state index contributed by atoms with van der Waals surface area (Å²) in [5.74, 6) is -0.245. The van der Waals surface area contributed by atoms with Crippen molar-refractivity contribution in [3.05, 3.63) is 64.7 Å². The summed E-state index contributed by atoms with van der Waals surface area (Å²) in [6.45, 7) is 2.62. The Hall–Kier alpha value is -1.89. The van der Waals surface area contributed by atoms with E-state index in [-0.39, 0.29) is 15.8 Å². The van der Waals surface area contributed by atoms with Gasteiger partial charge in [0.15, 0.2) is 0 Å². The number of sulfonamides is 1. The Morgan fingerprint density at radius 3 is 2.48 bits per heavy atom. The van der Waals surface area contributed by atoms with Gasteiger partial charge in [-0.1, -0.05) is 48.0 Å². The molecule has 0 saturated heterocycles. The monoisotopic (exact) mass is 378 g/mol. The van der Waals surface area contributed by atoms with Crippen molar-refractivity contribution in [3.8, 4) is 0 Å². The molecule has 25 heavy (non-hydrogen) atoms. The minimum Gasteiger partial charge on any atom is -0.337 e. The van der Waals surface area contributed by atoms with Gasteiger partial charge in [-0.15, -0.1) is 0 Å². The summed E-state index contributed by atoms with van der Waals surface area (Å²) in [4.78, 5) is 14.3. The molecule has 1 amide bonds. The Balaban J connectivity index is 1.72. The quantitative estimate of drug-likeness (QED) is 0.889. The van der Waals surface area contributed by atoms with Crippen LogP contribution in [0, 0.1) is 0 Å². The van der Waals surface area contributed by atoms with Gasteiger partial charge in [0, 0.05) is 13.1 Å². The zero-order valence-electron chi connectivity index (χ0n) is 13.8. The fourth-order valence-electron chi connectivity index (χ4n) is 2.97. The molecule has 0 unspecified atom stereocenters. The van der Waals surface area contributed by atoms with E-state index >= 15 is 0 Å². The molecule has 0 radical (unpaired) electrons. The van der Waals surface area contributed by atoms with Crippen molar-refractivity contribution in [1.82, 2.24) is 9.62 Å². The second kappa shape index (κ2) is 7.15. The molecule has 5 nitrogen and oxygen atoms in total. The molecular weight excluding hydrogens is 360 g/mol. The van der Waals surface area contributed by atoms with Crippen molar-refractivity contribution < 1.29 is 13.2 Å². The first kappa shape index (κ1) is 17.9. The highest BCUT2D eigenvalue weighted by molar-refractivity contribution is 7.89. The standard InChI is InChI=1S/C18H19ClN2O3S/c1-13(20-25(23,24)17-9-5-4-8-16(17)19)18(22)21-11-10-14-6-2-3-7-15(14)12-21/h2-9,13,20H,10-12H2,1H3/t13-/m1/s1. The van der Waals surface area contributed by atoms with Crippen LogP contribution in [0.1, 0.15) is 18.1 Å². The second-order valence-corrected chi connectivity index (χ2v) is 8.14. The summed E-state index contributed by atoms with van der Waals surface area (Å²) in [6, 6.07) is 13.3. The first-order chi connectivity index (χ1) is 11.9. The largest absolute Gasteiger partial charge is 0.337 e. The van der Waals surface area contributed by atoms with Crippen LogP contribution < -0.4 is 4.72 Å². The molecule has 0 spiro atoms. The van der Waals surface area contributed by atoms with E-state index in [0.29, 0.717) is 13.1 Å². The number of benzene rings is 2. The number of carbonyl (C=O) groups is 1. The smallest absolute Gasteiger partial charge is 0.242 e. The highest BCUT2D eigenvalue weighted by Crippen LogP contribution is 2.22. The molecular formula is C18H19ClN2O3S. The number of hydrogen-bond acceptors (Lipinski definition) is 3. The van der Waals surface area contributed by atoms with E-state index < -0.39 is 16.1 Å². The van der Waals surface area contributed by atoms with Gasteiger partial charge in [-0.05, 0) is 36.6 Å². The Kier molecular flexibility index (Phi) is 5.13. The van der Waals surface area contributed by atoms with Crippen LogP contribution in [-0.2, 0) is 27.8 Å². The fourth-order valence-corrected chi connectivity index (χ4v) is 4.68. The summed E-state index contributed by atoms with van der Waals surface area (Å²) in [5.41, 5.74) is 2.33. The SMILES string of the molecule is C[C@@H](NS(=O)(=O)c1ccccc1Cl)C(=O)N1CCc2ccccc2C1. The Bertz CT molecular complexity index is 899. The Labute approximate surface area is 152 Å². The van der Waals surface area contributed by atoms with Gasteiger partial charge in [0.2, 0.25) is 15.9 Å². The third kappa shape index (κ3) is 3.86. The molecule has 0 aromatic heterocycles. The molecule has 132 valence electrons. The van der Waals surface area contributed by atoms with Crippen molar-refractivity contribution >= 4 is 27.5 Å². The predicted octanol–water partition coefficient (Wildman–Crippen LogP) is 2.59. The lowest BCUT2D eigenvalue weighted by Gasteiger charge is -2.31. The average Bonchev–Trinajstić information content (AvgIpc) is 2.60. The van der Waals surface area contributed by atoms with Gasteiger partial charge in [-0.2, -0.15) is 4.72 Å². The van der Waals surface area contributed by atoms with Crippen LogP contribution in [0.25, 0.3) is 0 Å². The van der Waals surface area contributed by atoms with E-state index in [9.17, 15) is 13.2 Å². The van der Waals surface area contributed by atoms with E-state index in [1.807, 2.05) is 18.2 Å². The van der Waals surface area contributed by atoms with E-state index in [0.717, 1.165) is 12.0 Å². The van der Waals surface area contributed by atoms with Crippen molar-refractivity contribution in [2.24, 2.45) is 0 Å². The topological polar surface area (TPSA) is 66.5 Å². The van der Waals surface area contributed by atoms with Crippen LogP contribution in [0.15, 0.2) is 53.4 Å². The van der Waals surface area contributed by atoms with Crippen molar-refractivity contribution in [2.45, 2.75) is 30.8 Å². The molecule has 1 atom stereocenters. The molecule has 1 heterocycles. The van der Waals surface area contributed by atoms with Gasteiger partial charge in [0.05, 0.1) is 11.1 Å². The number of rotatable bonds is 4. The van der Waals surface area contributed by atoms with Gasteiger partial charge in [-0.25, -0.2) is 8.42 Å². The molecule has 1 aliphatic heterocycles. The number of hydrogen-bond donors (Lipinski definition) is 1. The minimum atomic E-state index is -3.86. The number of fused-ring (bicyclic) bond motifs is 1. The van der Waals surface area contributed by atoms with Gasteiger partial charge in [0.25, 0.3) is 0 Å². The van der Waals surface area contributed by atoms with E-state index in [4.69, 9.17) is 11.6 Å². The molecule has 1 N–H and O–H groups in total. The maximum absolute atomic E-state index is 12.7. The van der Waals surface area contributed by atoms with Crippen LogP contribution >= 0.6 is 11.6 Å². The van der Waals surface area contributed by atoms with Crippen LogP contribution in [0.2, 0.25) is 5.02 Å². The predicted molar refractivity (Wildman–Crippen MR) is 96.8 cm³/mol. The molecule has 7 heteroatoms. The first-order valence-electron chi connectivity index (χ1n) is 8.01. The van der Waals surface area contributed by atoms with Crippen molar-refractivity contribution in [2.75, 3.05) is 6.54 Å². The van der Waals surface area contributed by atoms with Crippen LogP contribution in [0.5, 0.6) is 0 Å². The average molecular weight is 379 g/mol. The van der Waals surface area contributed by atoms with Crippen molar-refractivity contribution in [1.29, 1.82) is 0 Å².